The Morgan fingerprint density at radius 3 is 3.00 bits per heavy atom. The molecule has 2 heterocycles. The molecule has 2 aliphatic rings. The minimum atomic E-state index is 0.166. The van der Waals surface area contributed by atoms with Crippen LogP contribution in [0.2, 0.25) is 0 Å². The molecule has 4 nitrogen and oxygen atoms in total. The summed E-state index contributed by atoms with van der Waals surface area (Å²) in [6, 6.07) is 0.466. The first-order chi connectivity index (χ1) is 9.31. The van der Waals surface area contributed by atoms with Crippen molar-refractivity contribution in [1.82, 2.24) is 15.1 Å². The maximum Gasteiger partial charge on any atom is 0.257 e. The van der Waals surface area contributed by atoms with Gasteiger partial charge in [0, 0.05) is 17.9 Å². The highest BCUT2D eigenvalue weighted by molar-refractivity contribution is 9.08. The molecule has 2 atom stereocenters. The normalized spacial score (nSPS) is 27.1. The molecule has 1 aromatic heterocycles. The fourth-order valence-corrected chi connectivity index (χ4v) is 4.06. The van der Waals surface area contributed by atoms with E-state index >= 15 is 0 Å². The van der Waals surface area contributed by atoms with Gasteiger partial charge in [-0.2, -0.15) is 5.10 Å². The molecule has 1 aliphatic carbocycles. The predicted octanol–water partition coefficient (Wildman–Crippen LogP) is 3.10. The minimum Gasteiger partial charge on any atom is -0.335 e. The Labute approximate surface area is 122 Å². The van der Waals surface area contributed by atoms with Gasteiger partial charge in [-0.1, -0.05) is 28.8 Å². The standard InChI is InChI=1S/C14H20BrN3O/c15-8-12-11(9-16-17-12)14(19)18-7-3-5-10-4-1-2-6-13(10)18/h9-10,13H,1-8H2,(H,16,17). The van der Waals surface area contributed by atoms with Crippen molar-refractivity contribution < 1.29 is 4.79 Å². The number of aromatic nitrogens is 2. The van der Waals surface area contributed by atoms with Crippen molar-refractivity contribution in [3.8, 4) is 0 Å². The number of carbonyl (C=O) groups is 1. The largest absolute Gasteiger partial charge is 0.335 e. The number of aromatic amines is 1. The van der Waals surface area contributed by atoms with E-state index in [-0.39, 0.29) is 5.91 Å². The van der Waals surface area contributed by atoms with E-state index in [9.17, 15) is 4.79 Å². The third-order valence-corrected chi connectivity index (χ3v) is 5.15. The van der Waals surface area contributed by atoms with Crippen LogP contribution in [0.5, 0.6) is 0 Å². The molecule has 0 bridgehead atoms. The zero-order valence-electron chi connectivity index (χ0n) is 11.1. The number of hydrogen-bond acceptors (Lipinski definition) is 2. The molecule has 0 spiro atoms. The molecule has 1 N–H and O–H groups in total. The number of carbonyl (C=O) groups excluding carboxylic acids is 1. The zero-order chi connectivity index (χ0) is 13.2. The summed E-state index contributed by atoms with van der Waals surface area (Å²) in [7, 11) is 0. The zero-order valence-corrected chi connectivity index (χ0v) is 12.7. The molecule has 2 unspecified atom stereocenters. The molecule has 5 heteroatoms. The number of hydrogen-bond donors (Lipinski definition) is 1. The summed E-state index contributed by atoms with van der Waals surface area (Å²) >= 11 is 3.41. The fourth-order valence-electron chi connectivity index (χ4n) is 3.63. The number of H-pyrrole nitrogens is 1. The highest BCUT2D eigenvalue weighted by Gasteiger charge is 2.36. The Kier molecular flexibility index (Phi) is 3.91. The van der Waals surface area contributed by atoms with Crippen LogP contribution >= 0.6 is 15.9 Å². The summed E-state index contributed by atoms with van der Waals surface area (Å²) < 4.78 is 0. The van der Waals surface area contributed by atoms with Crippen molar-refractivity contribution >= 4 is 21.8 Å². The summed E-state index contributed by atoms with van der Waals surface area (Å²) in [5, 5.41) is 7.56. The molecule has 0 aromatic carbocycles. The average Bonchev–Trinajstić information content (AvgIpc) is 2.94. The van der Waals surface area contributed by atoms with Gasteiger partial charge in [-0.15, -0.1) is 0 Å². The topological polar surface area (TPSA) is 49.0 Å². The molecule has 1 saturated heterocycles. The SMILES string of the molecule is O=C(c1cn[nH]c1CBr)N1CCCC2CCCCC21. The van der Waals surface area contributed by atoms with Gasteiger partial charge in [-0.05, 0) is 31.6 Å². The lowest BCUT2D eigenvalue weighted by atomic mass is 9.78. The van der Waals surface area contributed by atoms with Gasteiger partial charge in [0.2, 0.25) is 0 Å². The van der Waals surface area contributed by atoms with E-state index in [2.05, 4.69) is 31.0 Å². The lowest BCUT2D eigenvalue weighted by Gasteiger charge is -2.44. The monoisotopic (exact) mass is 325 g/mol. The van der Waals surface area contributed by atoms with Crippen molar-refractivity contribution in [3.05, 3.63) is 17.5 Å². The third-order valence-electron chi connectivity index (χ3n) is 4.59. The Balaban J connectivity index is 1.82. The molecule has 19 heavy (non-hydrogen) atoms. The summed E-state index contributed by atoms with van der Waals surface area (Å²) in [6.07, 6.45) is 9.19. The Hall–Kier alpha value is -0.840. The van der Waals surface area contributed by atoms with E-state index in [1.807, 2.05) is 0 Å². The van der Waals surface area contributed by atoms with Gasteiger partial charge < -0.3 is 4.90 Å². The first-order valence-electron chi connectivity index (χ1n) is 7.20. The number of piperidine rings is 1. The number of amides is 1. The minimum absolute atomic E-state index is 0.166. The Morgan fingerprint density at radius 1 is 1.37 bits per heavy atom. The van der Waals surface area contributed by atoms with Crippen LogP contribution in [0.3, 0.4) is 0 Å². The van der Waals surface area contributed by atoms with E-state index in [1.165, 1.54) is 32.1 Å². The fraction of sp³-hybridized carbons (Fsp3) is 0.714. The molecule has 0 radical (unpaired) electrons. The molecule has 1 aliphatic heterocycles. The molecule has 104 valence electrons. The Morgan fingerprint density at radius 2 is 2.16 bits per heavy atom. The number of nitrogens with one attached hydrogen (secondary N) is 1. The van der Waals surface area contributed by atoms with Crippen LogP contribution < -0.4 is 0 Å². The summed E-state index contributed by atoms with van der Waals surface area (Å²) in [6.45, 7) is 0.910. The predicted molar refractivity (Wildman–Crippen MR) is 77.2 cm³/mol. The number of likely N-dealkylation sites (tertiary alicyclic amines) is 1. The van der Waals surface area contributed by atoms with Crippen molar-refractivity contribution in [2.45, 2.75) is 49.9 Å². The van der Waals surface area contributed by atoms with Gasteiger partial charge in [0.15, 0.2) is 0 Å². The maximum absolute atomic E-state index is 12.7. The van der Waals surface area contributed by atoms with Gasteiger partial charge in [0.25, 0.3) is 5.91 Å². The second-order valence-electron chi connectivity index (χ2n) is 5.65. The second kappa shape index (κ2) is 5.65. The number of rotatable bonds is 2. The molecular formula is C14H20BrN3O. The second-order valence-corrected chi connectivity index (χ2v) is 6.21. The third kappa shape index (κ3) is 2.45. The highest BCUT2D eigenvalue weighted by atomic mass is 79.9. The van der Waals surface area contributed by atoms with Gasteiger partial charge in [-0.3, -0.25) is 9.89 Å². The quantitative estimate of drug-likeness (QED) is 0.849. The van der Waals surface area contributed by atoms with E-state index < -0.39 is 0 Å². The lowest BCUT2D eigenvalue weighted by Crippen LogP contribution is -2.49. The van der Waals surface area contributed by atoms with E-state index in [0.29, 0.717) is 11.4 Å². The maximum atomic E-state index is 12.7. The van der Waals surface area contributed by atoms with Crippen molar-refractivity contribution in [2.75, 3.05) is 6.54 Å². The van der Waals surface area contributed by atoms with Crippen LogP contribution in [0.4, 0.5) is 0 Å². The van der Waals surface area contributed by atoms with Gasteiger partial charge >= 0.3 is 0 Å². The summed E-state index contributed by atoms with van der Waals surface area (Å²) in [4.78, 5) is 14.9. The van der Waals surface area contributed by atoms with Gasteiger partial charge in [-0.25, -0.2) is 0 Å². The van der Waals surface area contributed by atoms with Crippen molar-refractivity contribution in [1.29, 1.82) is 0 Å². The lowest BCUT2D eigenvalue weighted by molar-refractivity contribution is 0.0390. The van der Waals surface area contributed by atoms with E-state index in [4.69, 9.17) is 0 Å². The first kappa shape index (κ1) is 13.2. The van der Waals surface area contributed by atoms with Crippen LogP contribution in [-0.4, -0.2) is 33.6 Å². The molecule has 1 saturated carbocycles. The first-order valence-corrected chi connectivity index (χ1v) is 8.32. The van der Waals surface area contributed by atoms with Gasteiger partial charge in [0.05, 0.1) is 17.5 Å². The van der Waals surface area contributed by atoms with E-state index in [0.717, 1.165) is 30.1 Å². The van der Waals surface area contributed by atoms with Crippen LogP contribution in [0.1, 0.15) is 54.6 Å². The van der Waals surface area contributed by atoms with Crippen molar-refractivity contribution in [2.24, 2.45) is 5.92 Å². The number of fused-ring (bicyclic) bond motifs is 1. The molecule has 1 amide bonds. The summed E-state index contributed by atoms with van der Waals surface area (Å²) in [5.41, 5.74) is 1.63. The van der Waals surface area contributed by atoms with Crippen LogP contribution in [-0.2, 0) is 5.33 Å². The number of nitrogens with zero attached hydrogens (tertiary/aromatic N) is 2. The Bertz CT molecular complexity index is 457. The molecule has 2 fully saturated rings. The molecule has 1 aromatic rings. The summed E-state index contributed by atoms with van der Waals surface area (Å²) in [5.74, 6) is 0.894. The molecular weight excluding hydrogens is 306 g/mol. The highest BCUT2D eigenvalue weighted by Crippen LogP contribution is 2.36. The van der Waals surface area contributed by atoms with Crippen LogP contribution in [0.25, 0.3) is 0 Å². The smallest absolute Gasteiger partial charge is 0.257 e. The number of alkyl halides is 1. The van der Waals surface area contributed by atoms with Crippen LogP contribution in [0, 0.1) is 5.92 Å². The van der Waals surface area contributed by atoms with Crippen LogP contribution in [0.15, 0.2) is 6.20 Å². The van der Waals surface area contributed by atoms with E-state index in [1.54, 1.807) is 6.20 Å². The molecule has 3 rings (SSSR count). The van der Waals surface area contributed by atoms with Crippen molar-refractivity contribution in [3.63, 3.8) is 0 Å². The van der Waals surface area contributed by atoms with Gasteiger partial charge in [0.1, 0.15) is 0 Å². The average molecular weight is 326 g/mol. The number of halogens is 1.